The molecule has 13 rings (SSSR count). The van der Waals surface area contributed by atoms with Crippen LogP contribution in [0.2, 0.25) is 0 Å². The summed E-state index contributed by atoms with van der Waals surface area (Å²) in [7, 11) is 0. The Kier molecular flexibility index (Phi) is 5.17. The Morgan fingerprint density at radius 2 is 0.755 bits per heavy atom. The first-order chi connectivity index (χ1) is 26.3. The molecule has 0 amide bonds. The molecule has 0 fully saturated rings. The lowest BCUT2D eigenvalue weighted by atomic mass is 9.86. The third-order valence-electron chi connectivity index (χ3n) is 12.1. The Balaban J connectivity index is 1.17. The molecule has 1 nitrogen and oxygen atoms in total. The van der Waals surface area contributed by atoms with E-state index in [4.69, 9.17) is 4.42 Å². The molecule has 0 spiro atoms. The number of benzene rings is 12. The van der Waals surface area contributed by atoms with Crippen molar-refractivity contribution in [2.24, 2.45) is 0 Å². The molecule has 53 heavy (non-hydrogen) atoms. The summed E-state index contributed by atoms with van der Waals surface area (Å²) in [4.78, 5) is 0. The Morgan fingerprint density at radius 3 is 1.45 bits per heavy atom. The van der Waals surface area contributed by atoms with Crippen LogP contribution in [0.4, 0.5) is 0 Å². The molecule has 0 saturated heterocycles. The largest absolute Gasteiger partial charge is 0.456 e. The quantitative estimate of drug-likeness (QED) is 0.167. The molecule has 1 heteroatoms. The van der Waals surface area contributed by atoms with Crippen LogP contribution in [0.1, 0.15) is 0 Å². The van der Waals surface area contributed by atoms with Crippen molar-refractivity contribution in [1.82, 2.24) is 0 Å². The molecule has 0 unspecified atom stereocenters. The fourth-order valence-corrected chi connectivity index (χ4v) is 9.80. The summed E-state index contributed by atoms with van der Waals surface area (Å²) >= 11 is 0. The van der Waals surface area contributed by atoms with Crippen molar-refractivity contribution in [3.05, 3.63) is 170 Å². The molecular weight excluding hydrogens is 641 g/mol. The van der Waals surface area contributed by atoms with Gasteiger partial charge >= 0.3 is 0 Å². The molecule has 0 aliphatic rings. The van der Waals surface area contributed by atoms with E-state index in [1.54, 1.807) is 0 Å². The molecule has 0 aliphatic heterocycles. The monoisotopic (exact) mass is 668 g/mol. The summed E-state index contributed by atoms with van der Waals surface area (Å²) in [5, 5.41) is 22.8. The molecule has 1 aromatic heterocycles. The lowest BCUT2D eigenvalue weighted by molar-refractivity contribution is 0.669. The van der Waals surface area contributed by atoms with Crippen LogP contribution >= 0.6 is 0 Å². The van der Waals surface area contributed by atoms with E-state index in [0.29, 0.717) is 0 Å². The van der Waals surface area contributed by atoms with Gasteiger partial charge in [-0.3, -0.25) is 0 Å². The van der Waals surface area contributed by atoms with Gasteiger partial charge in [0.05, 0.1) is 0 Å². The van der Waals surface area contributed by atoms with Gasteiger partial charge in [-0.1, -0.05) is 152 Å². The van der Waals surface area contributed by atoms with Crippen molar-refractivity contribution in [2.75, 3.05) is 0 Å². The third-order valence-corrected chi connectivity index (χ3v) is 12.1. The van der Waals surface area contributed by atoms with Crippen molar-refractivity contribution in [2.45, 2.75) is 0 Å². The minimum absolute atomic E-state index is 0.914. The predicted molar refractivity (Wildman–Crippen MR) is 227 cm³/mol. The second kappa shape index (κ2) is 9.88. The van der Waals surface area contributed by atoms with Crippen LogP contribution in [-0.2, 0) is 0 Å². The first kappa shape index (κ1) is 27.7. The van der Waals surface area contributed by atoms with Crippen LogP contribution in [-0.4, -0.2) is 0 Å². The lowest BCUT2D eigenvalue weighted by Crippen LogP contribution is -1.90. The number of hydrogen-bond donors (Lipinski definition) is 0. The Hall–Kier alpha value is -6.96. The van der Waals surface area contributed by atoms with Crippen molar-refractivity contribution in [3.8, 4) is 22.3 Å². The van der Waals surface area contributed by atoms with Crippen LogP contribution in [0, 0.1) is 0 Å². The average molecular weight is 669 g/mol. The summed E-state index contributed by atoms with van der Waals surface area (Å²) in [6.45, 7) is 0. The first-order valence-corrected chi connectivity index (χ1v) is 18.4. The SMILES string of the molecule is c1ccc2c(c1)ccc1oc3cc(-c4ccc5ccc6cccc7ccc4c5c67)c4ccc(-c5ccc6ccc7cccc8ccc5c6c78)cc4c3c12. The number of furan rings is 1. The van der Waals surface area contributed by atoms with Gasteiger partial charge in [0.1, 0.15) is 11.2 Å². The summed E-state index contributed by atoms with van der Waals surface area (Å²) in [5.74, 6) is 0. The highest BCUT2D eigenvalue weighted by Crippen LogP contribution is 2.47. The van der Waals surface area contributed by atoms with Crippen LogP contribution in [0.15, 0.2) is 174 Å². The fourth-order valence-electron chi connectivity index (χ4n) is 9.80. The standard InChI is InChI=1S/C52H28O/c1-2-10-38-29(5-1)20-26-45-51(38)52-44-27-36(37-21-15-34-13-11-30-6-3-8-32-17-24-41(37)49(34)47(30)32)19-23-40(44)43(28-46(52)53-45)39-22-16-35-14-12-31-7-4-9-33-18-25-42(39)50(35)48(31)33/h1-28H. The molecule has 0 saturated carbocycles. The van der Waals surface area contributed by atoms with Crippen molar-refractivity contribution in [3.63, 3.8) is 0 Å². The highest BCUT2D eigenvalue weighted by Gasteiger charge is 2.21. The maximum Gasteiger partial charge on any atom is 0.136 e. The average Bonchev–Trinajstić information content (AvgIpc) is 3.61. The van der Waals surface area contributed by atoms with E-state index in [-0.39, 0.29) is 0 Å². The topological polar surface area (TPSA) is 13.1 Å². The molecule has 0 bridgehead atoms. The van der Waals surface area contributed by atoms with Gasteiger partial charge in [0, 0.05) is 10.8 Å². The van der Waals surface area contributed by atoms with E-state index >= 15 is 0 Å². The predicted octanol–water partition coefficient (Wildman–Crippen LogP) is 15.0. The van der Waals surface area contributed by atoms with Gasteiger partial charge in [-0.05, 0) is 127 Å². The van der Waals surface area contributed by atoms with Gasteiger partial charge in [0.15, 0.2) is 0 Å². The zero-order valence-corrected chi connectivity index (χ0v) is 28.6. The molecular formula is C52H28O. The maximum atomic E-state index is 6.85. The molecule has 0 N–H and O–H groups in total. The van der Waals surface area contributed by atoms with E-state index in [1.807, 2.05) is 0 Å². The fraction of sp³-hybridized carbons (Fsp3) is 0. The molecule has 13 aromatic rings. The van der Waals surface area contributed by atoms with Crippen LogP contribution < -0.4 is 0 Å². The first-order valence-electron chi connectivity index (χ1n) is 18.4. The molecule has 0 radical (unpaired) electrons. The molecule has 1 heterocycles. The minimum Gasteiger partial charge on any atom is -0.456 e. The van der Waals surface area contributed by atoms with E-state index in [2.05, 4.69) is 170 Å². The summed E-state index contributed by atoms with van der Waals surface area (Å²) < 4.78 is 6.85. The van der Waals surface area contributed by atoms with Gasteiger partial charge in [0.25, 0.3) is 0 Å². The zero-order valence-electron chi connectivity index (χ0n) is 28.6. The van der Waals surface area contributed by atoms with Gasteiger partial charge in [-0.25, -0.2) is 0 Å². The van der Waals surface area contributed by atoms with E-state index < -0.39 is 0 Å². The highest BCUT2D eigenvalue weighted by molar-refractivity contribution is 6.31. The molecule has 0 aliphatic carbocycles. The smallest absolute Gasteiger partial charge is 0.136 e. The Morgan fingerprint density at radius 1 is 0.245 bits per heavy atom. The van der Waals surface area contributed by atoms with Crippen LogP contribution in [0.5, 0.6) is 0 Å². The summed E-state index contributed by atoms with van der Waals surface area (Å²) in [6, 6.07) is 63.2. The Bertz CT molecular complexity index is 3640. The van der Waals surface area contributed by atoms with E-state index in [0.717, 1.165) is 11.2 Å². The number of hydrogen-bond acceptors (Lipinski definition) is 1. The number of rotatable bonds is 2. The lowest BCUT2D eigenvalue weighted by Gasteiger charge is -2.17. The van der Waals surface area contributed by atoms with Crippen molar-refractivity contribution in [1.29, 1.82) is 0 Å². The van der Waals surface area contributed by atoms with Crippen LogP contribution in [0.3, 0.4) is 0 Å². The van der Waals surface area contributed by atoms with Gasteiger partial charge < -0.3 is 4.42 Å². The normalized spacial score (nSPS) is 12.5. The van der Waals surface area contributed by atoms with Crippen molar-refractivity contribution >= 4 is 108 Å². The van der Waals surface area contributed by atoms with E-state index in [9.17, 15) is 0 Å². The second-order valence-corrected chi connectivity index (χ2v) is 14.8. The zero-order chi connectivity index (χ0) is 34.4. The summed E-state index contributed by atoms with van der Waals surface area (Å²) in [5.41, 5.74) is 6.70. The Labute approximate surface area is 303 Å². The van der Waals surface area contributed by atoms with E-state index in [1.165, 1.54) is 119 Å². The number of fused-ring (bicyclic) bond motifs is 7. The van der Waals surface area contributed by atoms with Crippen molar-refractivity contribution < 1.29 is 4.42 Å². The molecule has 242 valence electrons. The van der Waals surface area contributed by atoms with Crippen LogP contribution in [0.25, 0.3) is 130 Å². The highest BCUT2D eigenvalue weighted by atomic mass is 16.3. The van der Waals surface area contributed by atoms with Gasteiger partial charge in [-0.15, -0.1) is 0 Å². The summed E-state index contributed by atoms with van der Waals surface area (Å²) in [6.07, 6.45) is 0. The second-order valence-electron chi connectivity index (χ2n) is 14.8. The molecule has 0 atom stereocenters. The van der Waals surface area contributed by atoms with Gasteiger partial charge in [0.2, 0.25) is 0 Å². The third kappa shape index (κ3) is 3.61. The molecule has 12 aromatic carbocycles. The van der Waals surface area contributed by atoms with Gasteiger partial charge in [-0.2, -0.15) is 0 Å². The minimum atomic E-state index is 0.914. The maximum absolute atomic E-state index is 6.85.